The fourth-order valence-corrected chi connectivity index (χ4v) is 2.77. The summed E-state index contributed by atoms with van der Waals surface area (Å²) in [5.41, 5.74) is 0.240. The Balaban J connectivity index is 1.66. The molecule has 1 unspecified atom stereocenters. The van der Waals surface area contributed by atoms with Crippen LogP contribution in [0.4, 0.5) is 4.79 Å². The predicted octanol–water partition coefficient (Wildman–Crippen LogP) is 2.04. The fraction of sp³-hybridized carbons (Fsp3) is 0.438. The quantitative estimate of drug-likeness (QED) is 0.861. The van der Waals surface area contributed by atoms with Gasteiger partial charge in [-0.2, -0.15) is 0 Å². The van der Waals surface area contributed by atoms with E-state index in [1.54, 1.807) is 0 Å². The summed E-state index contributed by atoms with van der Waals surface area (Å²) >= 11 is 0. The molecule has 1 N–H and O–H groups in total. The third-order valence-corrected chi connectivity index (χ3v) is 4.46. The molecule has 1 aliphatic heterocycles. The van der Waals surface area contributed by atoms with Crippen molar-refractivity contribution in [2.45, 2.75) is 32.1 Å². The van der Waals surface area contributed by atoms with Crippen molar-refractivity contribution in [2.75, 3.05) is 6.54 Å². The molecule has 1 atom stereocenters. The summed E-state index contributed by atoms with van der Waals surface area (Å²) in [6, 6.07) is 9.40. The molecule has 0 aromatic heterocycles. The number of nitrogens with one attached hydrogen (secondary N) is 1. The molecule has 5 heteroatoms. The van der Waals surface area contributed by atoms with Crippen molar-refractivity contribution in [3.63, 3.8) is 0 Å². The van der Waals surface area contributed by atoms with E-state index in [9.17, 15) is 14.4 Å². The van der Waals surface area contributed by atoms with Crippen LogP contribution in [-0.4, -0.2) is 29.3 Å². The fourth-order valence-electron chi connectivity index (χ4n) is 2.77. The number of benzene rings is 1. The number of rotatable bonds is 4. The van der Waals surface area contributed by atoms with Gasteiger partial charge in [0.25, 0.3) is 0 Å². The van der Waals surface area contributed by atoms with Crippen LogP contribution in [0, 0.1) is 5.41 Å². The Morgan fingerprint density at radius 3 is 2.48 bits per heavy atom. The lowest BCUT2D eigenvalue weighted by Gasteiger charge is -2.30. The van der Waals surface area contributed by atoms with E-state index in [4.69, 9.17) is 0 Å². The highest BCUT2D eigenvalue weighted by Crippen LogP contribution is 2.49. The summed E-state index contributed by atoms with van der Waals surface area (Å²) < 4.78 is 0. The molecule has 0 radical (unpaired) electrons. The Kier molecular flexibility index (Phi) is 3.27. The highest BCUT2D eigenvalue weighted by Gasteiger charge is 2.62. The van der Waals surface area contributed by atoms with Gasteiger partial charge in [0.1, 0.15) is 5.41 Å². The van der Waals surface area contributed by atoms with E-state index in [2.05, 4.69) is 12.2 Å². The third kappa shape index (κ3) is 2.33. The van der Waals surface area contributed by atoms with Crippen LogP contribution >= 0.6 is 0 Å². The monoisotopic (exact) mass is 286 g/mol. The van der Waals surface area contributed by atoms with Gasteiger partial charge in [0.2, 0.25) is 11.8 Å². The molecular weight excluding hydrogens is 268 g/mol. The minimum absolute atomic E-state index is 0.250. The highest BCUT2D eigenvalue weighted by atomic mass is 16.2. The van der Waals surface area contributed by atoms with Crippen LogP contribution in [0.3, 0.4) is 0 Å². The van der Waals surface area contributed by atoms with E-state index in [1.165, 1.54) is 10.5 Å². The van der Waals surface area contributed by atoms with E-state index < -0.39 is 17.4 Å². The van der Waals surface area contributed by atoms with Crippen LogP contribution in [0.1, 0.15) is 37.7 Å². The second kappa shape index (κ2) is 4.98. The number of imide groups is 2. The zero-order valence-corrected chi connectivity index (χ0v) is 12.0. The Morgan fingerprint density at radius 1 is 1.19 bits per heavy atom. The van der Waals surface area contributed by atoms with Gasteiger partial charge in [0.05, 0.1) is 0 Å². The molecule has 1 spiro atoms. The molecule has 1 heterocycles. The molecule has 1 aromatic carbocycles. The summed E-state index contributed by atoms with van der Waals surface area (Å²) in [6.45, 7) is 2.41. The lowest BCUT2D eigenvalue weighted by molar-refractivity contribution is -0.144. The number of hydrogen-bond donors (Lipinski definition) is 1. The standard InChI is InChI=1S/C16H18N2O3/c1-11(12-5-3-2-4-6-12)7-10-18-14(20)16(8-9-16)13(19)17-15(18)21/h2-6,11H,7-10H2,1H3,(H,17,19,21). The van der Waals surface area contributed by atoms with Gasteiger partial charge < -0.3 is 0 Å². The Hall–Kier alpha value is -2.17. The topological polar surface area (TPSA) is 66.5 Å². The maximum atomic E-state index is 12.3. The van der Waals surface area contributed by atoms with Gasteiger partial charge >= 0.3 is 6.03 Å². The first-order valence-electron chi connectivity index (χ1n) is 7.27. The molecule has 4 amide bonds. The largest absolute Gasteiger partial charge is 0.330 e. The molecule has 2 aliphatic rings. The maximum absolute atomic E-state index is 12.3. The van der Waals surface area contributed by atoms with Crippen molar-refractivity contribution in [3.8, 4) is 0 Å². The molecule has 21 heavy (non-hydrogen) atoms. The molecule has 1 saturated carbocycles. The van der Waals surface area contributed by atoms with E-state index in [0.717, 1.165) is 0 Å². The zero-order valence-electron chi connectivity index (χ0n) is 12.0. The minimum atomic E-state index is -0.941. The Labute approximate surface area is 123 Å². The van der Waals surface area contributed by atoms with Gasteiger partial charge in [-0.1, -0.05) is 37.3 Å². The molecule has 0 bridgehead atoms. The summed E-state index contributed by atoms with van der Waals surface area (Å²) in [4.78, 5) is 37.1. The highest BCUT2D eigenvalue weighted by molar-refractivity contribution is 6.20. The van der Waals surface area contributed by atoms with Gasteiger partial charge in [-0.05, 0) is 30.7 Å². The smallest absolute Gasteiger partial charge is 0.277 e. The lowest BCUT2D eigenvalue weighted by atomic mass is 9.96. The van der Waals surface area contributed by atoms with Gasteiger partial charge in [-0.3, -0.25) is 19.8 Å². The van der Waals surface area contributed by atoms with Gasteiger partial charge in [0, 0.05) is 6.54 Å². The second-order valence-electron chi connectivity index (χ2n) is 5.90. The van der Waals surface area contributed by atoms with Crippen molar-refractivity contribution in [3.05, 3.63) is 35.9 Å². The number of amides is 4. The van der Waals surface area contributed by atoms with Crippen molar-refractivity contribution in [2.24, 2.45) is 5.41 Å². The Morgan fingerprint density at radius 2 is 1.86 bits per heavy atom. The van der Waals surface area contributed by atoms with E-state index in [0.29, 0.717) is 25.8 Å². The van der Waals surface area contributed by atoms with Crippen LogP contribution < -0.4 is 5.32 Å². The van der Waals surface area contributed by atoms with Crippen molar-refractivity contribution in [1.82, 2.24) is 10.2 Å². The molecular formula is C16H18N2O3. The van der Waals surface area contributed by atoms with E-state index in [1.807, 2.05) is 30.3 Å². The molecule has 110 valence electrons. The second-order valence-corrected chi connectivity index (χ2v) is 5.90. The van der Waals surface area contributed by atoms with Crippen LogP contribution in [-0.2, 0) is 9.59 Å². The van der Waals surface area contributed by atoms with Crippen molar-refractivity contribution < 1.29 is 14.4 Å². The molecule has 1 saturated heterocycles. The average molecular weight is 286 g/mol. The first-order chi connectivity index (χ1) is 10.0. The SMILES string of the molecule is CC(CCN1C(=O)NC(=O)C2(CC2)C1=O)c1ccccc1. The maximum Gasteiger partial charge on any atom is 0.330 e. The summed E-state index contributed by atoms with van der Waals surface area (Å²) in [5.74, 6) is -0.499. The summed E-state index contributed by atoms with van der Waals surface area (Å²) in [7, 11) is 0. The van der Waals surface area contributed by atoms with Crippen LogP contribution in [0.15, 0.2) is 30.3 Å². The number of barbiturate groups is 1. The van der Waals surface area contributed by atoms with E-state index in [-0.39, 0.29) is 11.8 Å². The number of nitrogens with zero attached hydrogens (tertiary/aromatic N) is 1. The first-order valence-corrected chi connectivity index (χ1v) is 7.27. The third-order valence-electron chi connectivity index (χ3n) is 4.46. The van der Waals surface area contributed by atoms with E-state index >= 15 is 0 Å². The van der Waals surface area contributed by atoms with Crippen LogP contribution in [0.5, 0.6) is 0 Å². The summed E-state index contributed by atoms with van der Waals surface area (Å²) in [6.07, 6.45) is 1.79. The minimum Gasteiger partial charge on any atom is -0.277 e. The number of urea groups is 1. The molecule has 5 nitrogen and oxygen atoms in total. The number of hydrogen-bond acceptors (Lipinski definition) is 3. The average Bonchev–Trinajstić information content (AvgIpc) is 3.28. The van der Waals surface area contributed by atoms with Gasteiger partial charge in [-0.15, -0.1) is 0 Å². The molecule has 1 aliphatic carbocycles. The lowest BCUT2D eigenvalue weighted by Crippen LogP contribution is -2.59. The van der Waals surface area contributed by atoms with Gasteiger partial charge in [-0.25, -0.2) is 4.79 Å². The normalized spacial score (nSPS) is 21.4. The van der Waals surface area contributed by atoms with Crippen molar-refractivity contribution >= 4 is 17.8 Å². The molecule has 3 rings (SSSR count). The Bertz CT molecular complexity index is 593. The van der Waals surface area contributed by atoms with Crippen LogP contribution in [0.25, 0.3) is 0 Å². The van der Waals surface area contributed by atoms with Gasteiger partial charge in [0.15, 0.2) is 0 Å². The van der Waals surface area contributed by atoms with Crippen LogP contribution in [0.2, 0.25) is 0 Å². The molecule has 1 aromatic rings. The van der Waals surface area contributed by atoms with Crippen molar-refractivity contribution in [1.29, 1.82) is 0 Å². The first kappa shape index (κ1) is 13.8. The number of carbonyl (C=O) groups excluding carboxylic acids is 3. The zero-order chi connectivity index (χ0) is 15.0. The number of carbonyl (C=O) groups is 3. The predicted molar refractivity (Wildman–Crippen MR) is 76.4 cm³/mol. The molecule has 2 fully saturated rings. The summed E-state index contributed by atoms with van der Waals surface area (Å²) in [5, 5.41) is 2.30.